The number of benzene rings is 1. The molecule has 0 aliphatic rings. The first-order valence-electron chi connectivity index (χ1n) is 4.51. The molecule has 4 heteroatoms. The van der Waals surface area contributed by atoms with E-state index < -0.39 is 0 Å². The van der Waals surface area contributed by atoms with Gasteiger partial charge in [-0.1, -0.05) is 23.7 Å². The van der Waals surface area contributed by atoms with Crippen LogP contribution in [0.4, 0.5) is 0 Å². The van der Waals surface area contributed by atoms with Gasteiger partial charge in [-0.3, -0.25) is 4.40 Å². The molecule has 15 heavy (non-hydrogen) atoms. The molecule has 0 unspecified atom stereocenters. The summed E-state index contributed by atoms with van der Waals surface area (Å²) in [7, 11) is 0. The maximum absolute atomic E-state index is 5.81. The Kier molecular flexibility index (Phi) is 1.79. The summed E-state index contributed by atoms with van der Waals surface area (Å²) in [5, 5.41) is 0.724. The first-order chi connectivity index (χ1) is 7.33. The molecule has 0 aliphatic carbocycles. The van der Waals surface area contributed by atoms with Crippen molar-refractivity contribution in [2.24, 2.45) is 0 Å². The molecule has 0 radical (unpaired) electrons. The summed E-state index contributed by atoms with van der Waals surface area (Å²) < 4.78 is 7.01. The SMILES string of the molecule is Clc1ccc(-c2cn3ccoc3n2)cc1. The quantitative estimate of drug-likeness (QED) is 0.628. The lowest BCUT2D eigenvalue weighted by Crippen LogP contribution is -1.75. The number of hydrogen-bond donors (Lipinski definition) is 0. The van der Waals surface area contributed by atoms with Crippen LogP contribution in [0, 0.1) is 0 Å². The summed E-state index contributed by atoms with van der Waals surface area (Å²) in [4.78, 5) is 4.33. The van der Waals surface area contributed by atoms with Gasteiger partial charge in [-0.15, -0.1) is 0 Å². The van der Waals surface area contributed by atoms with Gasteiger partial charge in [0.05, 0.1) is 5.69 Å². The van der Waals surface area contributed by atoms with Gasteiger partial charge in [0.25, 0.3) is 0 Å². The van der Waals surface area contributed by atoms with Gasteiger partial charge in [-0.25, -0.2) is 0 Å². The minimum absolute atomic E-state index is 0.597. The highest BCUT2D eigenvalue weighted by Crippen LogP contribution is 2.21. The number of nitrogens with zero attached hydrogens (tertiary/aromatic N) is 2. The fourth-order valence-corrected chi connectivity index (χ4v) is 1.61. The molecule has 0 saturated carbocycles. The zero-order valence-corrected chi connectivity index (χ0v) is 8.48. The van der Waals surface area contributed by atoms with Gasteiger partial charge >= 0.3 is 5.84 Å². The van der Waals surface area contributed by atoms with Crippen LogP contribution in [0.3, 0.4) is 0 Å². The van der Waals surface area contributed by atoms with Crippen molar-refractivity contribution in [2.75, 3.05) is 0 Å². The van der Waals surface area contributed by atoms with Crippen LogP contribution >= 0.6 is 11.6 Å². The molecular formula is C11H7ClN2O. The lowest BCUT2D eigenvalue weighted by molar-refractivity contribution is 0.596. The van der Waals surface area contributed by atoms with Gasteiger partial charge in [-0.2, -0.15) is 4.98 Å². The summed E-state index contributed by atoms with van der Waals surface area (Å²) in [6, 6.07) is 7.56. The molecule has 0 saturated heterocycles. The lowest BCUT2D eigenvalue weighted by atomic mass is 10.2. The Morgan fingerprint density at radius 2 is 2.00 bits per heavy atom. The summed E-state index contributed by atoms with van der Waals surface area (Å²) >= 11 is 5.81. The molecule has 2 aromatic heterocycles. The number of oxazole rings is 1. The van der Waals surface area contributed by atoms with Crippen molar-refractivity contribution in [3.05, 3.63) is 47.9 Å². The molecule has 3 nitrogen and oxygen atoms in total. The standard InChI is InChI=1S/C11H7ClN2O/c12-9-3-1-8(2-4-9)10-7-14-5-6-15-11(14)13-10/h1-7H. The van der Waals surface area contributed by atoms with E-state index in [1.807, 2.05) is 41.1 Å². The van der Waals surface area contributed by atoms with Crippen molar-refractivity contribution in [1.29, 1.82) is 0 Å². The first-order valence-corrected chi connectivity index (χ1v) is 4.89. The first kappa shape index (κ1) is 8.56. The molecule has 3 rings (SSSR count). The van der Waals surface area contributed by atoms with Gasteiger partial charge < -0.3 is 4.42 Å². The Morgan fingerprint density at radius 1 is 1.20 bits per heavy atom. The Morgan fingerprint density at radius 3 is 2.73 bits per heavy atom. The summed E-state index contributed by atoms with van der Waals surface area (Å²) in [5.41, 5.74) is 1.91. The Balaban J connectivity index is 2.13. The minimum atomic E-state index is 0.597. The van der Waals surface area contributed by atoms with Crippen molar-refractivity contribution in [1.82, 2.24) is 9.38 Å². The predicted octanol–water partition coefficient (Wildman–Crippen LogP) is 3.25. The van der Waals surface area contributed by atoms with Crippen LogP contribution in [0.1, 0.15) is 0 Å². The number of aromatic nitrogens is 2. The Labute approximate surface area is 90.9 Å². The molecule has 0 spiro atoms. The summed E-state index contributed by atoms with van der Waals surface area (Å²) in [5.74, 6) is 0.597. The highest BCUT2D eigenvalue weighted by atomic mass is 35.5. The molecule has 2 heterocycles. The highest BCUT2D eigenvalue weighted by molar-refractivity contribution is 6.30. The topological polar surface area (TPSA) is 30.4 Å². The third-order valence-electron chi connectivity index (χ3n) is 2.23. The van der Waals surface area contributed by atoms with E-state index in [1.54, 1.807) is 6.26 Å². The second-order valence-corrected chi connectivity index (χ2v) is 3.66. The van der Waals surface area contributed by atoms with Crippen LogP contribution in [-0.4, -0.2) is 9.38 Å². The van der Waals surface area contributed by atoms with Gasteiger partial charge in [-0.05, 0) is 12.1 Å². The maximum Gasteiger partial charge on any atom is 0.306 e. The summed E-state index contributed by atoms with van der Waals surface area (Å²) in [6.07, 6.45) is 5.35. The second-order valence-electron chi connectivity index (χ2n) is 3.23. The van der Waals surface area contributed by atoms with Crippen molar-refractivity contribution in [2.45, 2.75) is 0 Å². The number of hydrogen-bond acceptors (Lipinski definition) is 2. The van der Waals surface area contributed by atoms with Gasteiger partial charge in [0.1, 0.15) is 6.26 Å². The molecule has 0 aliphatic heterocycles. The molecule has 0 N–H and O–H groups in total. The zero-order valence-electron chi connectivity index (χ0n) is 7.72. The van der Waals surface area contributed by atoms with Crippen molar-refractivity contribution < 1.29 is 4.42 Å². The highest BCUT2D eigenvalue weighted by Gasteiger charge is 2.05. The van der Waals surface area contributed by atoms with E-state index in [0.717, 1.165) is 16.3 Å². The van der Waals surface area contributed by atoms with Crippen molar-refractivity contribution in [3.8, 4) is 11.3 Å². The Hall–Kier alpha value is -1.74. The van der Waals surface area contributed by atoms with E-state index in [1.165, 1.54) is 0 Å². The molecule has 0 bridgehead atoms. The molecule has 3 aromatic rings. The van der Waals surface area contributed by atoms with E-state index in [4.69, 9.17) is 16.0 Å². The van der Waals surface area contributed by atoms with Gasteiger partial charge in [0, 0.05) is 23.0 Å². The van der Waals surface area contributed by atoms with E-state index in [9.17, 15) is 0 Å². The van der Waals surface area contributed by atoms with Crippen LogP contribution < -0.4 is 0 Å². The van der Waals surface area contributed by atoms with Gasteiger partial charge in [0.2, 0.25) is 0 Å². The van der Waals surface area contributed by atoms with Crippen LogP contribution in [0.15, 0.2) is 47.3 Å². The fourth-order valence-electron chi connectivity index (χ4n) is 1.49. The van der Waals surface area contributed by atoms with E-state index in [0.29, 0.717) is 5.84 Å². The molecule has 0 atom stereocenters. The average molecular weight is 219 g/mol. The van der Waals surface area contributed by atoms with Crippen molar-refractivity contribution >= 4 is 17.4 Å². The van der Waals surface area contributed by atoms with Crippen molar-refractivity contribution in [3.63, 3.8) is 0 Å². The minimum Gasteiger partial charge on any atom is -0.432 e. The predicted molar refractivity (Wildman–Crippen MR) is 57.9 cm³/mol. The molecule has 74 valence electrons. The monoisotopic (exact) mass is 218 g/mol. The van der Waals surface area contributed by atoms with Crippen LogP contribution in [-0.2, 0) is 0 Å². The molecule has 0 amide bonds. The van der Waals surface area contributed by atoms with Crippen LogP contribution in [0.25, 0.3) is 17.1 Å². The largest absolute Gasteiger partial charge is 0.432 e. The number of imidazole rings is 1. The third kappa shape index (κ3) is 1.41. The maximum atomic E-state index is 5.81. The smallest absolute Gasteiger partial charge is 0.306 e. The van der Waals surface area contributed by atoms with E-state index in [-0.39, 0.29) is 0 Å². The normalized spacial score (nSPS) is 11.0. The van der Waals surface area contributed by atoms with Gasteiger partial charge in [0.15, 0.2) is 0 Å². The molecule has 0 fully saturated rings. The van der Waals surface area contributed by atoms with Crippen LogP contribution in [0.2, 0.25) is 5.02 Å². The number of rotatable bonds is 1. The fraction of sp³-hybridized carbons (Fsp3) is 0. The molecular weight excluding hydrogens is 212 g/mol. The third-order valence-corrected chi connectivity index (χ3v) is 2.49. The number of halogens is 1. The number of fused-ring (bicyclic) bond motifs is 1. The zero-order chi connectivity index (χ0) is 10.3. The summed E-state index contributed by atoms with van der Waals surface area (Å²) in [6.45, 7) is 0. The van der Waals surface area contributed by atoms with Crippen LogP contribution in [0.5, 0.6) is 0 Å². The molecule has 1 aromatic carbocycles. The second kappa shape index (κ2) is 3.14. The Bertz CT molecular complexity index is 566. The van der Waals surface area contributed by atoms with E-state index >= 15 is 0 Å². The van der Waals surface area contributed by atoms with E-state index in [2.05, 4.69) is 4.98 Å². The lowest BCUT2D eigenvalue weighted by Gasteiger charge is -1.94. The average Bonchev–Trinajstić information content (AvgIpc) is 2.78.